The Bertz CT molecular complexity index is 372. The first-order chi connectivity index (χ1) is 10.0. The lowest BCUT2D eigenvalue weighted by molar-refractivity contribution is 0.0681. The Morgan fingerprint density at radius 3 is 1.43 bits per heavy atom. The van der Waals surface area contributed by atoms with Gasteiger partial charge in [0.1, 0.15) is 0 Å². The summed E-state index contributed by atoms with van der Waals surface area (Å²) in [4.78, 5) is 20.7. The van der Waals surface area contributed by atoms with E-state index >= 15 is 0 Å². The van der Waals surface area contributed by atoms with E-state index in [4.69, 9.17) is 14.9 Å². The fourth-order valence-corrected chi connectivity index (χ4v) is 1.35. The predicted octanol–water partition coefficient (Wildman–Crippen LogP) is 3.69. The molecular formula is C16H24O5. The summed E-state index contributed by atoms with van der Waals surface area (Å²) >= 11 is 0. The van der Waals surface area contributed by atoms with Gasteiger partial charge in [-0.15, -0.1) is 0 Å². The molecule has 0 fully saturated rings. The van der Waals surface area contributed by atoms with Gasteiger partial charge in [-0.1, -0.05) is 26.7 Å². The molecule has 0 unspecified atom stereocenters. The Hall–Kier alpha value is -1.88. The second-order valence-corrected chi connectivity index (χ2v) is 4.51. The minimum absolute atomic E-state index is 0.0833. The van der Waals surface area contributed by atoms with Crippen LogP contribution in [0.3, 0.4) is 0 Å². The molecule has 0 aliphatic heterocycles. The molecule has 0 bridgehead atoms. The number of rotatable bonds is 8. The van der Waals surface area contributed by atoms with E-state index in [1.807, 2.05) is 0 Å². The van der Waals surface area contributed by atoms with Crippen molar-refractivity contribution in [2.75, 3.05) is 13.2 Å². The summed E-state index contributed by atoms with van der Waals surface area (Å²) in [6.07, 6.45) is 4.91. The summed E-state index contributed by atoms with van der Waals surface area (Å²) in [6.45, 7) is 6.28. The molecule has 0 aliphatic carbocycles. The van der Waals surface area contributed by atoms with Crippen LogP contribution in [0.15, 0.2) is 24.3 Å². The molecule has 0 heterocycles. The van der Waals surface area contributed by atoms with Crippen LogP contribution in [0, 0.1) is 0 Å². The number of carboxylic acid groups (broad SMARTS) is 2. The number of carboxylic acids is 2. The lowest BCUT2D eigenvalue weighted by Gasteiger charge is -1.99. The van der Waals surface area contributed by atoms with Crippen LogP contribution < -0.4 is 0 Å². The molecule has 118 valence electrons. The Labute approximate surface area is 125 Å². The molecule has 0 radical (unpaired) electrons. The summed E-state index contributed by atoms with van der Waals surface area (Å²) in [6, 6.07) is 5.02. The van der Waals surface area contributed by atoms with Crippen LogP contribution in [0.5, 0.6) is 0 Å². The van der Waals surface area contributed by atoms with Crippen molar-refractivity contribution in [3.8, 4) is 0 Å². The number of hydrogen-bond acceptors (Lipinski definition) is 3. The lowest BCUT2D eigenvalue weighted by atomic mass is 10.1. The zero-order valence-corrected chi connectivity index (χ0v) is 12.7. The molecule has 0 aromatic heterocycles. The Balaban J connectivity index is 0.000000400. The fourth-order valence-electron chi connectivity index (χ4n) is 1.35. The van der Waals surface area contributed by atoms with Crippen molar-refractivity contribution in [1.29, 1.82) is 0 Å². The Kier molecular flexibility index (Phi) is 10.8. The van der Waals surface area contributed by atoms with Gasteiger partial charge in [0, 0.05) is 13.2 Å². The van der Waals surface area contributed by atoms with E-state index in [0.29, 0.717) is 0 Å². The molecule has 0 spiro atoms. The van der Waals surface area contributed by atoms with Gasteiger partial charge in [-0.05, 0) is 37.1 Å². The largest absolute Gasteiger partial charge is 0.478 e. The molecule has 0 saturated carbocycles. The van der Waals surface area contributed by atoms with Gasteiger partial charge < -0.3 is 14.9 Å². The molecule has 2 N–H and O–H groups in total. The summed E-state index contributed by atoms with van der Waals surface area (Å²) < 4.78 is 5.31. The van der Waals surface area contributed by atoms with Gasteiger partial charge in [0.05, 0.1) is 11.1 Å². The molecule has 0 saturated heterocycles. The molecule has 0 atom stereocenters. The number of ether oxygens (including phenoxy) is 1. The number of carbonyl (C=O) groups is 2. The zero-order chi connectivity index (χ0) is 16.1. The van der Waals surface area contributed by atoms with Gasteiger partial charge in [-0.2, -0.15) is 0 Å². The van der Waals surface area contributed by atoms with E-state index in [-0.39, 0.29) is 11.1 Å². The molecule has 0 aliphatic rings. The maximum atomic E-state index is 10.3. The maximum absolute atomic E-state index is 10.3. The van der Waals surface area contributed by atoms with Crippen molar-refractivity contribution in [2.24, 2.45) is 0 Å². The van der Waals surface area contributed by atoms with Gasteiger partial charge in [0.25, 0.3) is 0 Å². The monoisotopic (exact) mass is 296 g/mol. The number of aromatic carboxylic acids is 2. The highest BCUT2D eigenvalue weighted by Gasteiger charge is 2.04. The molecule has 0 amide bonds. The van der Waals surface area contributed by atoms with Crippen molar-refractivity contribution in [3.63, 3.8) is 0 Å². The van der Waals surface area contributed by atoms with Crippen LogP contribution in [0.1, 0.15) is 60.2 Å². The van der Waals surface area contributed by atoms with E-state index in [1.54, 1.807) is 0 Å². The molecule has 5 heteroatoms. The second-order valence-electron chi connectivity index (χ2n) is 4.51. The first-order valence-corrected chi connectivity index (χ1v) is 7.17. The molecule has 1 aromatic carbocycles. The summed E-state index contributed by atoms with van der Waals surface area (Å²) in [5, 5.41) is 16.9. The van der Waals surface area contributed by atoms with Crippen LogP contribution in [0.4, 0.5) is 0 Å². The zero-order valence-electron chi connectivity index (χ0n) is 12.7. The minimum atomic E-state index is -1.06. The first kappa shape index (κ1) is 19.1. The SMILES string of the molecule is CCCCOCCCC.O=C(O)c1ccc(C(=O)O)cc1. The van der Waals surface area contributed by atoms with Crippen LogP contribution in [-0.4, -0.2) is 35.4 Å². The third-order valence-electron chi connectivity index (χ3n) is 2.66. The molecule has 21 heavy (non-hydrogen) atoms. The highest BCUT2D eigenvalue weighted by Crippen LogP contribution is 2.03. The highest BCUT2D eigenvalue weighted by molar-refractivity contribution is 5.91. The number of hydrogen-bond donors (Lipinski definition) is 2. The third-order valence-corrected chi connectivity index (χ3v) is 2.66. The minimum Gasteiger partial charge on any atom is -0.478 e. The average molecular weight is 296 g/mol. The van der Waals surface area contributed by atoms with Gasteiger partial charge in [-0.3, -0.25) is 0 Å². The molecular weight excluding hydrogens is 272 g/mol. The van der Waals surface area contributed by atoms with Gasteiger partial charge >= 0.3 is 11.9 Å². The standard InChI is InChI=1S/C8H6O4.C8H18O/c9-7(10)5-1-2-6(4-3-5)8(11)12;1-3-5-7-9-8-6-4-2/h1-4H,(H,9,10)(H,11,12);3-8H2,1-2H3. The van der Waals surface area contributed by atoms with Crippen LogP contribution in [0.25, 0.3) is 0 Å². The quantitative estimate of drug-likeness (QED) is 0.715. The van der Waals surface area contributed by atoms with E-state index in [2.05, 4.69) is 13.8 Å². The van der Waals surface area contributed by atoms with Crippen LogP contribution in [0.2, 0.25) is 0 Å². The smallest absolute Gasteiger partial charge is 0.335 e. The lowest BCUT2D eigenvalue weighted by Crippen LogP contribution is -1.99. The molecule has 5 nitrogen and oxygen atoms in total. The van der Waals surface area contributed by atoms with Crippen molar-refractivity contribution >= 4 is 11.9 Å². The van der Waals surface area contributed by atoms with E-state index in [1.165, 1.54) is 49.9 Å². The molecule has 1 rings (SSSR count). The van der Waals surface area contributed by atoms with Gasteiger partial charge in [0.2, 0.25) is 0 Å². The van der Waals surface area contributed by atoms with E-state index in [0.717, 1.165) is 13.2 Å². The Morgan fingerprint density at radius 2 is 1.19 bits per heavy atom. The van der Waals surface area contributed by atoms with Crippen molar-refractivity contribution < 1.29 is 24.5 Å². The first-order valence-electron chi connectivity index (χ1n) is 7.17. The maximum Gasteiger partial charge on any atom is 0.335 e. The molecule has 1 aromatic rings. The van der Waals surface area contributed by atoms with Gasteiger partial charge in [0.15, 0.2) is 0 Å². The normalized spacial score (nSPS) is 9.62. The highest BCUT2D eigenvalue weighted by atomic mass is 16.5. The average Bonchev–Trinajstić information content (AvgIpc) is 2.48. The van der Waals surface area contributed by atoms with Crippen molar-refractivity contribution in [1.82, 2.24) is 0 Å². The number of benzene rings is 1. The van der Waals surface area contributed by atoms with E-state index < -0.39 is 11.9 Å². The van der Waals surface area contributed by atoms with Crippen LogP contribution in [-0.2, 0) is 4.74 Å². The summed E-state index contributed by atoms with van der Waals surface area (Å²) in [5.41, 5.74) is 0.167. The van der Waals surface area contributed by atoms with Crippen molar-refractivity contribution in [2.45, 2.75) is 39.5 Å². The second kappa shape index (κ2) is 11.9. The Morgan fingerprint density at radius 1 is 0.857 bits per heavy atom. The summed E-state index contributed by atoms with van der Waals surface area (Å²) in [7, 11) is 0. The number of unbranched alkanes of at least 4 members (excludes halogenated alkanes) is 2. The predicted molar refractivity (Wildman–Crippen MR) is 81.0 cm³/mol. The van der Waals surface area contributed by atoms with Gasteiger partial charge in [-0.25, -0.2) is 9.59 Å². The van der Waals surface area contributed by atoms with Crippen molar-refractivity contribution in [3.05, 3.63) is 35.4 Å². The van der Waals surface area contributed by atoms with E-state index in [9.17, 15) is 9.59 Å². The van der Waals surface area contributed by atoms with Crippen LogP contribution >= 0.6 is 0 Å². The third kappa shape index (κ3) is 9.62. The topological polar surface area (TPSA) is 83.8 Å². The summed E-state index contributed by atoms with van der Waals surface area (Å²) in [5.74, 6) is -2.13. The fraction of sp³-hybridized carbons (Fsp3) is 0.500.